The van der Waals surface area contributed by atoms with Crippen LogP contribution >= 0.6 is 11.3 Å². The van der Waals surface area contributed by atoms with Crippen LogP contribution in [0.25, 0.3) is 10.6 Å². The number of benzene rings is 1. The average molecular weight is 397 g/mol. The maximum atomic E-state index is 14.5. The Morgan fingerprint density at radius 3 is 2.30 bits per heavy atom. The second-order valence-electron chi connectivity index (χ2n) is 6.81. The molecule has 2 aromatic rings. The number of ether oxygens (including phenoxy) is 1. The van der Waals surface area contributed by atoms with E-state index >= 15 is 0 Å². The topological polar surface area (TPSA) is 35.0 Å². The van der Waals surface area contributed by atoms with Crippen molar-refractivity contribution < 1.29 is 13.5 Å². The summed E-state index contributed by atoms with van der Waals surface area (Å²) < 4.78 is 34.2. The van der Waals surface area contributed by atoms with Crippen molar-refractivity contribution in [2.75, 3.05) is 6.61 Å². The van der Waals surface area contributed by atoms with Gasteiger partial charge in [0.05, 0.1) is 12.2 Å². The highest BCUT2D eigenvalue weighted by Gasteiger charge is 2.18. The van der Waals surface area contributed by atoms with E-state index in [9.17, 15) is 8.78 Å². The predicted octanol–water partition coefficient (Wildman–Crippen LogP) is 6.96. The minimum absolute atomic E-state index is 0.0339. The van der Waals surface area contributed by atoms with Crippen molar-refractivity contribution in [3.8, 4) is 16.3 Å². The van der Waals surface area contributed by atoms with Gasteiger partial charge in [0.15, 0.2) is 16.6 Å². The normalized spacial score (nSPS) is 11.1. The number of aryl methyl sites for hydroxylation is 1. The molecule has 0 bridgehead atoms. The summed E-state index contributed by atoms with van der Waals surface area (Å²) in [6, 6.07) is 3.02. The first-order chi connectivity index (χ1) is 13.2. The minimum Gasteiger partial charge on any atom is -0.490 e. The number of unbranched alkanes of at least 4 members (excludes halogenated alkanes) is 7. The van der Waals surface area contributed by atoms with Crippen LogP contribution in [0.4, 0.5) is 8.78 Å². The van der Waals surface area contributed by atoms with Crippen LogP contribution < -0.4 is 4.74 Å². The zero-order chi connectivity index (χ0) is 19.5. The van der Waals surface area contributed by atoms with E-state index in [4.69, 9.17) is 4.74 Å². The van der Waals surface area contributed by atoms with Crippen LogP contribution in [0.2, 0.25) is 0 Å². The van der Waals surface area contributed by atoms with Crippen LogP contribution in [0.5, 0.6) is 5.75 Å². The van der Waals surface area contributed by atoms with Gasteiger partial charge in [0.1, 0.15) is 5.01 Å². The van der Waals surface area contributed by atoms with Gasteiger partial charge in [-0.1, -0.05) is 70.1 Å². The number of halogens is 2. The van der Waals surface area contributed by atoms with Gasteiger partial charge in [-0.25, -0.2) is 4.39 Å². The number of aromatic nitrogens is 2. The van der Waals surface area contributed by atoms with Gasteiger partial charge in [0, 0.05) is 6.42 Å². The Balaban J connectivity index is 1.93. The van der Waals surface area contributed by atoms with Gasteiger partial charge in [0.2, 0.25) is 5.82 Å². The molecule has 1 heterocycles. The molecule has 0 N–H and O–H groups in total. The molecule has 27 heavy (non-hydrogen) atoms. The van der Waals surface area contributed by atoms with Crippen molar-refractivity contribution in [3.63, 3.8) is 0 Å². The monoisotopic (exact) mass is 396 g/mol. The quantitative estimate of drug-likeness (QED) is 0.343. The Morgan fingerprint density at radius 2 is 1.56 bits per heavy atom. The second kappa shape index (κ2) is 12.0. The van der Waals surface area contributed by atoms with E-state index in [2.05, 4.69) is 24.0 Å². The number of hydrogen-bond acceptors (Lipinski definition) is 4. The molecule has 2 rings (SSSR count). The van der Waals surface area contributed by atoms with Crippen LogP contribution in [0.15, 0.2) is 12.1 Å². The minimum atomic E-state index is -0.945. The predicted molar refractivity (Wildman–Crippen MR) is 107 cm³/mol. The number of nitrogens with zero attached hydrogens (tertiary/aromatic N) is 2. The molecular weight excluding hydrogens is 366 g/mol. The molecule has 1 aromatic heterocycles. The Bertz CT molecular complexity index is 691. The van der Waals surface area contributed by atoms with E-state index in [1.54, 1.807) is 0 Å². The fourth-order valence-corrected chi connectivity index (χ4v) is 3.76. The van der Waals surface area contributed by atoms with Gasteiger partial charge >= 0.3 is 0 Å². The lowest BCUT2D eigenvalue weighted by Crippen LogP contribution is -2.01. The Kier molecular flexibility index (Phi) is 9.67. The molecule has 6 heteroatoms. The molecule has 3 nitrogen and oxygen atoms in total. The molecule has 0 atom stereocenters. The fraction of sp³-hybridized carbons (Fsp3) is 0.619. The van der Waals surface area contributed by atoms with Gasteiger partial charge in [-0.05, 0) is 25.0 Å². The Morgan fingerprint density at radius 1 is 0.852 bits per heavy atom. The van der Waals surface area contributed by atoms with E-state index in [0.29, 0.717) is 11.6 Å². The molecular formula is C21H30F2N2OS. The van der Waals surface area contributed by atoms with Crippen molar-refractivity contribution in [2.45, 2.75) is 78.1 Å². The molecule has 0 radical (unpaired) electrons. The highest BCUT2D eigenvalue weighted by molar-refractivity contribution is 7.14. The molecule has 1 aromatic carbocycles. The summed E-state index contributed by atoms with van der Waals surface area (Å²) in [5, 5.41) is 9.47. The van der Waals surface area contributed by atoms with Gasteiger partial charge < -0.3 is 4.74 Å². The van der Waals surface area contributed by atoms with Crippen LogP contribution in [0, 0.1) is 11.6 Å². The molecule has 0 unspecified atom stereocenters. The number of hydrogen-bond donors (Lipinski definition) is 0. The summed E-state index contributed by atoms with van der Waals surface area (Å²) in [6.45, 7) is 4.71. The van der Waals surface area contributed by atoms with Crippen molar-refractivity contribution in [2.24, 2.45) is 0 Å². The molecule has 0 amide bonds. The summed E-state index contributed by atoms with van der Waals surface area (Å²) in [7, 11) is 0. The Hall–Kier alpha value is -1.56. The van der Waals surface area contributed by atoms with Crippen LogP contribution in [-0.4, -0.2) is 16.8 Å². The van der Waals surface area contributed by atoms with Crippen LogP contribution in [-0.2, 0) is 6.42 Å². The van der Waals surface area contributed by atoms with E-state index in [1.165, 1.54) is 42.7 Å². The summed E-state index contributed by atoms with van der Waals surface area (Å²) in [5.41, 5.74) is 0.153. The van der Waals surface area contributed by atoms with Crippen molar-refractivity contribution in [1.82, 2.24) is 10.2 Å². The van der Waals surface area contributed by atoms with Crippen molar-refractivity contribution >= 4 is 11.3 Å². The van der Waals surface area contributed by atoms with Gasteiger partial charge in [-0.3, -0.25) is 0 Å². The Labute approximate surface area is 165 Å². The molecule has 0 fully saturated rings. The SMILES string of the molecule is CCCCCCCc1nnc(-c2ccc(OCCCCCC)c(F)c2F)s1. The maximum Gasteiger partial charge on any atom is 0.201 e. The molecule has 0 saturated heterocycles. The summed E-state index contributed by atoms with van der Waals surface area (Å²) in [5.74, 6) is -1.89. The highest BCUT2D eigenvalue weighted by Crippen LogP contribution is 2.32. The average Bonchev–Trinajstić information content (AvgIpc) is 3.13. The van der Waals surface area contributed by atoms with E-state index in [-0.39, 0.29) is 11.3 Å². The third kappa shape index (κ3) is 6.83. The molecule has 150 valence electrons. The summed E-state index contributed by atoms with van der Waals surface area (Å²) >= 11 is 1.34. The lowest BCUT2D eigenvalue weighted by atomic mass is 10.1. The number of rotatable bonds is 13. The maximum absolute atomic E-state index is 14.5. The van der Waals surface area contributed by atoms with Crippen molar-refractivity contribution in [1.29, 1.82) is 0 Å². The van der Waals surface area contributed by atoms with Crippen LogP contribution in [0.1, 0.15) is 76.6 Å². The molecule has 0 aliphatic rings. The smallest absolute Gasteiger partial charge is 0.201 e. The standard InChI is InChI=1S/C21H30F2N2OS/c1-3-5-7-9-10-12-18-24-25-21(27-18)16-13-14-17(20(23)19(16)22)26-15-11-8-6-4-2/h13-14H,3-12,15H2,1-2H3. The second-order valence-corrected chi connectivity index (χ2v) is 7.88. The van der Waals surface area contributed by atoms with Gasteiger partial charge in [-0.2, -0.15) is 4.39 Å². The third-order valence-corrected chi connectivity index (χ3v) is 5.51. The fourth-order valence-electron chi connectivity index (χ4n) is 2.86. The summed E-state index contributed by atoms with van der Waals surface area (Å²) in [4.78, 5) is 0. The first kappa shape index (κ1) is 21.7. The lowest BCUT2D eigenvalue weighted by Gasteiger charge is -2.09. The highest BCUT2D eigenvalue weighted by atomic mass is 32.1. The molecule has 0 aliphatic carbocycles. The van der Waals surface area contributed by atoms with Gasteiger partial charge in [-0.15, -0.1) is 10.2 Å². The molecule has 0 saturated carbocycles. The van der Waals surface area contributed by atoms with E-state index in [1.807, 2.05) is 0 Å². The summed E-state index contributed by atoms with van der Waals surface area (Å²) in [6.07, 6.45) is 10.9. The lowest BCUT2D eigenvalue weighted by molar-refractivity contribution is 0.285. The first-order valence-electron chi connectivity index (χ1n) is 10.1. The van der Waals surface area contributed by atoms with E-state index < -0.39 is 11.6 Å². The largest absolute Gasteiger partial charge is 0.490 e. The van der Waals surface area contributed by atoms with E-state index in [0.717, 1.165) is 50.0 Å². The van der Waals surface area contributed by atoms with Gasteiger partial charge in [0.25, 0.3) is 0 Å². The van der Waals surface area contributed by atoms with Crippen LogP contribution in [0.3, 0.4) is 0 Å². The molecule has 0 spiro atoms. The molecule has 0 aliphatic heterocycles. The zero-order valence-electron chi connectivity index (χ0n) is 16.4. The third-order valence-electron chi connectivity index (χ3n) is 4.49. The zero-order valence-corrected chi connectivity index (χ0v) is 17.2. The first-order valence-corrected chi connectivity index (χ1v) is 10.9. The van der Waals surface area contributed by atoms with Crippen molar-refractivity contribution in [3.05, 3.63) is 28.8 Å².